The van der Waals surface area contributed by atoms with Gasteiger partial charge in [-0.05, 0) is 40.6 Å². The number of aliphatic hydroxyl groups is 1. The number of aliphatic hydroxyl groups excluding tert-OH is 1. The lowest BCUT2D eigenvalue weighted by Gasteiger charge is -2.15. The van der Waals surface area contributed by atoms with Crippen LogP contribution in [0.1, 0.15) is 13.8 Å². The zero-order valence-electron chi connectivity index (χ0n) is 10.6. The molecule has 1 aromatic rings. The third-order valence-electron chi connectivity index (χ3n) is 2.24. The SMILES string of the molecule is CC(C)COCC(O)CNc1cccc(F)c1I. The number of nitrogens with one attached hydrogen (secondary N) is 1. The molecule has 0 aliphatic heterocycles. The summed E-state index contributed by atoms with van der Waals surface area (Å²) in [5.41, 5.74) is 0.693. The molecule has 0 aliphatic carbocycles. The zero-order valence-corrected chi connectivity index (χ0v) is 12.8. The Balaban J connectivity index is 2.33. The average Bonchev–Trinajstić information content (AvgIpc) is 2.30. The van der Waals surface area contributed by atoms with E-state index in [0.29, 0.717) is 28.3 Å². The maximum Gasteiger partial charge on any atom is 0.138 e. The molecule has 0 amide bonds. The van der Waals surface area contributed by atoms with Crippen molar-refractivity contribution in [3.63, 3.8) is 0 Å². The van der Waals surface area contributed by atoms with Gasteiger partial charge in [-0.15, -0.1) is 0 Å². The summed E-state index contributed by atoms with van der Waals surface area (Å²) in [5, 5.41) is 12.7. The summed E-state index contributed by atoms with van der Waals surface area (Å²) in [7, 11) is 0. The van der Waals surface area contributed by atoms with Gasteiger partial charge in [-0.25, -0.2) is 4.39 Å². The van der Waals surface area contributed by atoms with Gasteiger partial charge in [-0.1, -0.05) is 19.9 Å². The quantitative estimate of drug-likeness (QED) is 0.729. The molecular formula is C13H19FINO2. The number of hydrogen-bond donors (Lipinski definition) is 2. The maximum absolute atomic E-state index is 13.3. The number of ether oxygens (including phenoxy) is 1. The number of rotatable bonds is 7. The van der Waals surface area contributed by atoms with Gasteiger partial charge in [0.2, 0.25) is 0 Å². The predicted molar refractivity (Wildman–Crippen MR) is 79.3 cm³/mol. The fraction of sp³-hybridized carbons (Fsp3) is 0.538. The Hall–Kier alpha value is -0.400. The highest BCUT2D eigenvalue weighted by Crippen LogP contribution is 2.20. The van der Waals surface area contributed by atoms with Gasteiger partial charge in [0.05, 0.1) is 22.0 Å². The van der Waals surface area contributed by atoms with E-state index in [0.717, 1.165) is 0 Å². The summed E-state index contributed by atoms with van der Waals surface area (Å²) in [4.78, 5) is 0. The Morgan fingerprint density at radius 1 is 1.39 bits per heavy atom. The van der Waals surface area contributed by atoms with Crippen LogP contribution in [0.15, 0.2) is 18.2 Å². The van der Waals surface area contributed by atoms with Crippen molar-refractivity contribution < 1.29 is 14.2 Å². The van der Waals surface area contributed by atoms with Crippen LogP contribution in [-0.4, -0.2) is 31.0 Å². The highest BCUT2D eigenvalue weighted by molar-refractivity contribution is 14.1. The molecule has 0 heterocycles. The molecule has 102 valence electrons. The summed E-state index contributed by atoms with van der Waals surface area (Å²) in [6.07, 6.45) is -0.595. The van der Waals surface area contributed by atoms with Crippen LogP contribution in [0, 0.1) is 15.3 Å². The first-order valence-electron chi connectivity index (χ1n) is 5.94. The molecule has 0 saturated carbocycles. The number of anilines is 1. The van der Waals surface area contributed by atoms with Crippen LogP contribution in [0.4, 0.5) is 10.1 Å². The first-order valence-corrected chi connectivity index (χ1v) is 7.02. The van der Waals surface area contributed by atoms with E-state index in [1.807, 2.05) is 22.6 Å². The van der Waals surface area contributed by atoms with Crippen molar-refractivity contribution in [2.24, 2.45) is 5.92 Å². The fourth-order valence-electron chi connectivity index (χ4n) is 1.37. The van der Waals surface area contributed by atoms with Crippen LogP contribution in [0.25, 0.3) is 0 Å². The van der Waals surface area contributed by atoms with Gasteiger partial charge in [0.15, 0.2) is 0 Å². The van der Waals surface area contributed by atoms with E-state index in [4.69, 9.17) is 4.74 Å². The number of benzene rings is 1. The molecule has 18 heavy (non-hydrogen) atoms. The summed E-state index contributed by atoms with van der Waals surface area (Å²) >= 11 is 1.94. The van der Waals surface area contributed by atoms with Crippen molar-refractivity contribution in [3.8, 4) is 0 Å². The summed E-state index contributed by atoms with van der Waals surface area (Å²) in [6.45, 7) is 5.38. The lowest BCUT2D eigenvalue weighted by molar-refractivity contribution is 0.0318. The van der Waals surface area contributed by atoms with Gasteiger partial charge in [0, 0.05) is 13.2 Å². The molecule has 2 N–H and O–H groups in total. The second-order valence-electron chi connectivity index (χ2n) is 4.57. The fourth-order valence-corrected chi connectivity index (χ4v) is 1.92. The predicted octanol–water partition coefficient (Wildman–Crippen LogP) is 2.88. The molecule has 3 nitrogen and oxygen atoms in total. The maximum atomic E-state index is 13.3. The van der Waals surface area contributed by atoms with E-state index in [2.05, 4.69) is 19.2 Å². The average molecular weight is 367 g/mol. The topological polar surface area (TPSA) is 41.5 Å². The normalized spacial score (nSPS) is 12.8. The monoisotopic (exact) mass is 367 g/mol. The Morgan fingerprint density at radius 3 is 2.78 bits per heavy atom. The highest BCUT2D eigenvalue weighted by atomic mass is 127. The van der Waals surface area contributed by atoms with Crippen LogP contribution in [0.2, 0.25) is 0 Å². The van der Waals surface area contributed by atoms with Crippen molar-refractivity contribution in [3.05, 3.63) is 27.6 Å². The standard InChI is InChI=1S/C13H19FINO2/c1-9(2)7-18-8-10(17)6-16-12-5-3-4-11(14)13(12)15/h3-5,9-10,16-17H,6-8H2,1-2H3. The Labute approximate surface area is 121 Å². The van der Waals surface area contributed by atoms with Crippen molar-refractivity contribution >= 4 is 28.3 Å². The third kappa shape index (κ3) is 5.49. The molecule has 1 atom stereocenters. The van der Waals surface area contributed by atoms with Gasteiger partial charge in [0.25, 0.3) is 0 Å². The minimum absolute atomic E-state index is 0.258. The molecule has 0 fully saturated rings. The molecule has 0 spiro atoms. The molecule has 1 rings (SSSR count). The molecular weight excluding hydrogens is 348 g/mol. The lowest BCUT2D eigenvalue weighted by atomic mass is 10.2. The van der Waals surface area contributed by atoms with Crippen molar-refractivity contribution in [1.29, 1.82) is 0 Å². The van der Waals surface area contributed by atoms with Crippen molar-refractivity contribution in [1.82, 2.24) is 0 Å². The van der Waals surface area contributed by atoms with Crippen LogP contribution >= 0.6 is 22.6 Å². The minimum atomic E-state index is -0.595. The van der Waals surface area contributed by atoms with Gasteiger partial charge in [-0.3, -0.25) is 0 Å². The first kappa shape index (κ1) is 15.7. The summed E-state index contributed by atoms with van der Waals surface area (Å²) in [6, 6.07) is 4.84. The highest BCUT2D eigenvalue weighted by Gasteiger charge is 2.08. The Bertz CT molecular complexity index is 374. The van der Waals surface area contributed by atoms with Gasteiger partial charge in [0.1, 0.15) is 5.82 Å². The first-order chi connectivity index (χ1) is 8.50. The van der Waals surface area contributed by atoms with E-state index < -0.39 is 6.10 Å². The molecule has 1 aromatic carbocycles. The smallest absolute Gasteiger partial charge is 0.138 e. The van der Waals surface area contributed by atoms with Crippen LogP contribution in [0.5, 0.6) is 0 Å². The van der Waals surface area contributed by atoms with E-state index in [1.54, 1.807) is 12.1 Å². The summed E-state index contributed by atoms with van der Waals surface area (Å²) in [5.74, 6) is 0.195. The summed E-state index contributed by atoms with van der Waals surface area (Å²) < 4.78 is 19.1. The van der Waals surface area contributed by atoms with E-state index >= 15 is 0 Å². The van der Waals surface area contributed by atoms with Crippen molar-refractivity contribution in [2.75, 3.05) is 25.1 Å². The van der Waals surface area contributed by atoms with Crippen LogP contribution in [-0.2, 0) is 4.74 Å². The third-order valence-corrected chi connectivity index (χ3v) is 3.34. The van der Waals surface area contributed by atoms with E-state index in [9.17, 15) is 9.50 Å². The second kappa shape index (κ2) is 7.91. The molecule has 1 unspecified atom stereocenters. The van der Waals surface area contributed by atoms with Gasteiger partial charge < -0.3 is 15.2 Å². The van der Waals surface area contributed by atoms with Gasteiger partial charge >= 0.3 is 0 Å². The molecule has 0 aromatic heterocycles. The molecule has 0 saturated heterocycles. The van der Waals surface area contributed by atoms with E-state index in [1.165, 1.54) is 6.07 Å². The molecule has 0 bridgehead atoms. The molecule has 0 radical (unpaired) electrons. The number of halogens is 2. The number of hydrogen-bond acceptors (Lipinski definition) is 3. The van der Waals surface area contributed by atoms with Gasteiger partial charge in [-0.2, -0.15) is 0 Å². The van der Waals surface area contributed by atoms with E-state index in [-0.39, 0.29) is 12.4 Å². The Morgan fingerprint density at radius 2 is 2.11 bits per heavy atom. The molecule has 5 heteroatoms. The second-order valence-corrected chi connectivity index (χ2v) is 5.65. The molecule has 0 aliphatic rings. The largest absolute Gasteiger partial charge is 0.389 e. The minimum Gasteiger partial charge on any atom is -0.389 e. The van der Waals surface area contributed by atoms with Crippen LogP contribution < -0.4 is 5.32 Å². The lowest BCUT2D eigenvalue weighted by Crippen LogP contribution is -2.26. The Kier molecular flexibility index (Phi) is 6.88. The van der Waals surface area contributed by atoms with Crippen LogP contribution in [0.3, 0.4) is 0 Å². The zero-order chi connectivity index (χ0) is 13.5. The van der Waals surface area contributed by atoms with Crippen molar-refractivity contribution in [2.45, 2.75) is 20.0 Å².